The van der Waals surface area contributed by atoms with Crippen LogP contribution in [0.25, 0.3) is 0 Å². The second-order valence-electron chi connectivity index (χ2n) is 3.67. The maximum absolute atomic E-state index is 6.23. The smallest absolute Gasteiger partial charge is 0.116 e. The molecule has 76 valence electrons. The summed E-state index contributed by atoms with van der Waals surface area (Å²) < 4.78 is 0. The molecule has 1 aromatic rings. The van der Waals surface area contributed by atoms with Crippen LogP contribution in [0.5, 0.6) is 0 Å². The minimum absolute atomic E-state index is 0.0746. The van der Waals surface area contributed by atoms with Crippen molar-refractivity contribution in [3.63, 3.8) is 0 Å². The van der Waals surface area contributed by atoms with E-state index in [1.807, 2.05) is 0 Å². The summed E-state index contributed by atoms with van der Waals surface area (Å²) >= 11 is 6.23. The lowest BCUT2D eigenvalue weighted by Gasteiger charge is -2.34. The van der Waals surface area contributed by atoms with Crippen molar-refractivity contribution in [2.75, 3.05) is 24.5 Å². The number of halogens is 1. The zero-order valence-corrected chi connectivity index (χ0v) is 9.09. The van der Waals surface area contributed by atoms with Crippen molar-refractivity contribution in [2.45, 2.75) is 12.4 Å². The molecule has 1 aromatic carbocycles. The van der Waals surface area contributed by atoms with Gasteiger partial charge in [-0.15, -0.1) is 0 Å². The number of hydrogen-bond acceptors (Lipinski definition) is 2. The first kappa shape index (κ1) is 9.81. The Morgan fingerprint density at radius 3 is 3.07 bits per heavy atom. The van der Waals surface area contributed by atoms with Crippen LogP contribution in [0.4, 0.5) is 5.69 Å². The van der Waals surface area contributed by atoms with Crippen LogP contribution in [-0.2, 0) is 0 Å². The van der Waals surface area contributed by atoms with E-state index < -0.39 is 0 Å². The van der Waals surface area contributed by atoms with Crippen molar-refractivity contribution in [1.29, 1.82) is 0 Å². The molecule has 0 bridgehead atoms. The maximum atomic E-state index is 6.23. The number of benzene rings is 1. The molecular weight excluding hydrogens is 196 g/mol. The Morgan fingerprint density at radius 2 is 2.36 bits per heavy atom. The van der Waals surface area contributed by atoms with E-state index in [1.165, 1.54) is 11.3 Å². The average molecular weight is 211 g/mol. The van der Waals surface area contributed by atoms with Gasteiger partial charge in [0.05, 0.1) is 0 Å². The maximum Gasteiger partial charge on any atom is 0.116 e. The summed E-state index contributed by atoms with van der Waals surface area (Å²) in [5, 5.41) is 3.28. The minimum atomic E-state index is 0.0746. The molecule has 0 spiro atoms. The van der Waals surface area contributed by atoms with E-state index in [2.05, 4.69) is 41.4 Å². The van der Waals surface area contributed by atoms with Crippen LogP contribution >= 0.6 is 11.6 Å². The highest BCUT2D eigenvalue weighted by molar-refractivity contribution is 6.22. The minimum Gasteiger partial charge on any atom is -0.353 e. The third kappa shape index (κ3) is 2.02. The molecule has 0 radical (unpaired) electrons. The van der Waals surface area contributed by atoms with Crippen molar-refractivity contribution in [3.05, 3.63) is 29.8 Å². The van der Waals surface area contributed by atoms with E-state index in [0.717, 1.165) is 19.6 Å². The molecule has 0 amide bonds. The summed E-state index contributed by atoms with van der Waals surface area (Å²) in [7, 11) is 0. The topological polar surface area (TPSA) is 15.3 Å². The van der Waals surface area contributed by atoms with Gasteiger partial charge in [0, 0.05) is 25.3 Å². The number of aryl methyl sites for hydroxylation is 1. The molecule has 2 rings (SSSR count). The van der Waals surface area contributed by atoms with E-state index in [-0.39, 0.29) is 5.50 Å². The number of rotatable bonds is 1. The van der Waals surface area contributed by atoms with Crippen LogP contribution in [0.2, 0.25) is 0 Å². The van der Waals surface area contributed by atoms with E-state index in [1.54, 1.807) is 0 Å². The fourth-order valence-corrected chi connectivity index (χ4v) is 2.09. The molecular formula is C11H15ClN2. The van der Waals surface area contributed by atoms with Gasteiger partial charge >= 0.3 is 0 Å². The quantitative estimate of drug-likeness (QED) is 0.563. The zero-order valence-electron chi connectivity index (χ0n) is 8.33. The molecule has 0 aliphatic carbocycles. The summed E-state index contributed by atoms with van der Waals surface area (Å²) in [4.78, 5) is 2.24. The zero-order chi connectivity index (χ0) is 9.97. The summed E-state index contributed by atoms with van der Waals surface area (Å²) in [5.74, 6) is 0. The summed E-state index contributed by atoms with van der Waals surface area (Å²) in [5.41, 5.74) is 2.59. The van der Waals surface area contributed by atoms with Crippen LogP contribution in [0, 0.1) is 6.92 Å². The van der Waals surface area contributed by atoms with Crippen LogP contribution in [0.3, 0.4) is 0 Å². The summed E-state index contributed by atoms with van der Waals surface area (Å²) in [6.07, 6.45) is 0. The lowest BCUT2D eigenvalue weighted by Crippen LogP contribution is -2.48. The molecule has 1 N–H and O–H groups in total. The third-order valence-corrected chi connectivity index (χ3v) is 2.90. The van der Waals surface area contributed by atoms with Gasteiger partial charge < -0.3 is 10.2 Å². The fraction of sp³-hybridized carbons (Fsp3) is 0.455. The third-order valence-electron chi connectivity index (χ3n) is 2.51. The number of nitrogens with one attached hydrogen (secondary N) is 1. The molecule has 1 aliphatic rings. The van der Waals surface area contributed by atoms with Gasteiger partial charge in [-0.3, -0.25) is 0 Å². The first-order valence-electron chi connectivity index (χ1n) is 4.95. The number of anilines is 1. The second-order valence-corrected chi connectivity index (χ2v) is 4.17. The highest BCUT2D eigenvalue weighted by Crippen LogP contribution is 2.20. The SMILES string of the molecule is Cc1cccc(N2CCNCC2Cl)c1. The van der Waals surface area contributed by atoms with Gasteiger partial charge in [-0.25, -0.2) is 0 Å². The molecule has 1 heterocycles. The number of nitrogens with zero attached hydrogens (tertiary/aromatic N) is 1. The fourth-order valence-electron chi connectivity index (χ4n) is 1.77. The molecule has 0 saturated carbocycles. The van der Waals surface area contributed by atoms with Gasteiger partial charge in [-0.1, -0.05) is 23.7 Å². The van der Waals surface area contributed by atoms with Crippen molar-refractivity contribution in [2.24, 2.45) is 0 Å². The molecule has 1 unspecified atom stereocenters. The van der Waals surface area contributed by atoms with Crippen molar-refractivity contribution >= 4 is 17.3 Å². The Kier molecular flexibility index (Phi) is 2.94. The highest BCUT2D eigenvalue weighted by atomic mass is 35.5. The lowest BCUT2D eigenvalue weighted by atomic mass is 10.2. The predicted octanol–water partition coefficient (Wildman–Crippen LogP) is 1.97. The molecule has 1 fully saturated rings. The number of hydrogen-bond donors (Lipinski definition) is 1. The summed E-state index contributed by atoms with van der Waals surface area (Å²) in [6.45, 7) is 4.96. The molecule has 0 aromatic heterocycles. The van der Waals surface area contributed by atoms with E-state index in [4.69, 9.17) is 11.6 Å². The molecule has 1 atom stereocenters. The van der Waals surface area contributed by atoms with Gasteiger partial charge in [-0.05, 0) is 24.6 Å². The second kappa shape index (κ2) is 4.20. The van der Waals surface area contributed by atoms with Gasteiger partial charge in [0.2, 0.25) is 0 Å². The Balaban J connectivity index is 2.20. The molecule has 1 aliphatic heterocycles. The normalized spacial score (nSPS) is 22.4. The lowest BCUT2D eigenvalue weighted by molar-refractivity contribution is 0.559. The van der Waals surface area contributed by atoms with Crippen LogP contribution < -0.4 is 10.2 Å². The van der Waals surface area contributed by atoms with E-state index in [0.29, 0.717) is 0 Å². The van der Waals surface area contributed by atoms with Gasteiger partial charge in [0.25, 0.3) is 0 Å². The first-order chi connectivity index (χ1) is 6.77. The number of alkyl halides is 1. The molecule has 14 heavy (non-hydrogen) atoms. The highest BCUT2D eigenvalue weighted by Gasteiger charge is 2.19. The van der Waals surface area contributed by atoms with Crippen molar-refractivity contribution in [3.8, 4) is 0 Å². The van der Waals surface area contributed by atoms with Gasteiger partial charge in [0.1, 0.15) is 5.50 Å². The Labute approximate surface area is 89.9 Å². The molecule has 1 saturated heterocycles. The summed E-state index contributed by atoms with van der Waals surface area (Å²) in [6, 6.07) is 8.49. The van der Waals surface area contributed by atoms with Gasteiger partial charge in [0.15, 0.2) is 0 Å². The van der Waals surface area contributed by atoms with Gasteiger partial charge in [-0.2, -0.15) is 0 Å². The molecule has 2 nitrogen and oxygen atoms in total. The van der Waals surface area contributed by atoms with Crippen LogP contribution in [0.1, 0.15) is 5.56 Å². The Bertz CT molecular complexity index is 314. The van der Waals surface area contributed by atoms with E-state index >= 15 is 0 Å². The van der Waals surface area contributed by atoms with Crippen LogP contribution in [0.15, 0.2) is 24.3 Å². The van der Waals surface area contributed by atoms with Crippen molar-refractivity contribution < 1.29 is 0 Å². The monoisotopic (exact) mass is 210 g/mol. The average Bonchev–Trinajstić information content (AvgIpc) is 2.18. The van der Waals surface area contributed by atoms with E-state index in [9.17, 15) is 0 Å². The van der Waals surface area contributed by atoms with Crippen LogP contribution in [-0.4, -0.2) is 25.1 Å². The standard InChI is InChI=1S/C11H15ClN2/c1-9-3-2-4-10(7-9)14-6-5-13-8-11(14)12/h2-4,7,11,13H,5-6,8H2,1H3. The number of piperazine rings is 1. The molecule has 3 heteroatoms. The largest absolute Gasteiger partial charge is 0.353 e. The van der Waals surface area contributed by atoms with Crippen molar-refractivity contribution in [1.82, 2.24) is 5.32 Å². The predicted molar refractivity (Wildman–Crippen MR) is 61.0 cm³/mol. The first-order valence-corrected chi connectivity index (χ1v) is 5.39. The Hall–Kier alpha value is -0.730. The Morgan fingerprint density at radius 1 is 1.50 bits per heavy atom.